The van der Waals surface area contributed by atoms with E-state index in [0.717, 1.165) is 25.5 Å². The molecular formula is C11H14O2S. The predicted octanol–water partition coefficient (Wildman–Crippen LogP) is 2.73. The lowest BCUT2D eigenvalue weighted by Gasteiger charge is -2.36. The maximum Gasteiger partial charge on any atom is 0.148 e. The summed E-state index contributed by atoms with van der Waals surface area (Å²) in [6, 6.07) is 2.08. The molecule has 1 aromatic rings. The van der Waals surface area contributed by atoms with Crippen LogP contribution < -0.4 is 0 Å². The molecule has 1 aliphatic rings. The molecule has 14 heavy (non-hydrogen) atoms. The summed E-state index contributed by atoms with van der Waals surface area (Å²) in [4.78, 5) is 10.7. The molecule has 0 spiro atoms. The number of carbonyl (C=O) groups excluding carboxylic acids is 1. The maximum absolute atomic E-state index is 10.7. The van der Waals surface area contributed by atoms with Gasteiger partial charge < -0.3 is 9.53 Å². The molecule has 1 saturated heterocycles. The van der Waals surface area contributed by atoms with E-state index in [0.29, 0.717) is 0 Å². The Morgan fingerprint density at radius 1 is 1.71 bits per heavy atom. The van der Waals surface area contributed by atoms with Gasteiger partial charge in [0.15, 0.2) is 0 Å². The van der Waals surface area contributed by atoms with Crippen molar-refractivity contribution in [1.29, 1.82) is 0 Å². The minimum atomic E-state index is -0.246. The molecule has 0 aromatic carbocycles. The molecule has 1 aromatic heterocycles. The number of rotatable bonds is 2. The lowest BCUT2D eigenvalue weighted by Crippen LogP contribution is -2.36. The molecule has 0 amide bonds. The van der Waals surface area contributed by atoms with Crippen LogP contribution in [0.3, 0.4) is 0 Å². The van der Waals surface area contributed by atoms with Crippen LogP contribution >= 0.6 is 11.3 Å². The van der Waals surface area contributed by atoms with Crippen LogP contribution in [-0.4, -0.2) is 12.4 Å². The lowest BCUT2D eigenvalue weighted by atomic mass is 9.88. The van der Waals surface area contributed by atoms with Crippen LogP contribution in [0.4, 0.5) is 0 Å². The van der Waals surface area contributed by atoms with E-state index >= 15 is 0 Å². The van der Waals surface area contributed by atoms with Crippen LogP contribution in [-0.2, 0) is 15.1 Å². The van der Waals surface area contributed by atoms with Crippen LogP contribution in [0.25, 0.3) is 0 Å². The maximum atomic E-state index is 10.7. The van der Waals surface area contributed by atoms with Crippen LogP contribution in [0.5, 0.6) is 0 Å². The number of ether oxygens (including phenoxy) is 1. The summed E-state index contributed by atoms with van der Waals surface area (Å²) in [6.45, 7) is 2.07. The van der Waals surface area contributed by atoms with E-state index < -0.39 is 0 Å². The molecular weight excluding hydrogens is 196 g/mol. The first kappa shape index (κ1) is 9.87. The molecule has 2 unspecified atom stereocenters. The van der Waals surface area contributed by atoms with E-state index in [2.05, 4.69) is 23.8 Å². The Morgan fingerprint density at radius 3 is 3.21 bits per heavy atom. The molecule has 1 fully saturated rings. The lowest BCUT2D eigenvalue weighted by molar-refractivity contribution is -0.145. The van der Waals surface area contributed by atoms with Gasteiger partial charge in [-0.05, 0) is 48.6 Å². The SMILES string of the molecule is CC1(c2ccsc2)CCCC(C=O)O1. The van der Waals surface area contributed by atoms with Gasteiger partial charge in [-0.2, -0.15) is 11.3 Å². The topological polar surface area (TPSA) is 26.3 Å². The molecule has 0 saturated carbocycles. The highest BCUT2D eigenvalue weighted by atomic mass is 32.1. The van der Waals surface area contributed by atoms with Crippen molar-refractivity contribution in [1.82, 2.24) is 0 Å². The Hall–Kier alpha value is -0.670. The highest BCUT2D eigenvalue weighted by molar-refractivity contribution is 7.08. The fourth-order valence-electron chi connectivity index (χ4n) is 1.97. The fourth-order valence-corrected chi connectivity index (χ4v) is 2.74. The molecule has 1 aliphatic heterocycles. The van der Waals surface area contributed by atoms with E-state index in [1.165, 1.54) is 5.56 Å². The van der Waals surface area contributed by atoms with E-state index in [1.807, 2.05) is 0 Å². The van der Waals surface area contributed by atoms with E-state index in [4.69, 9.17) is 4.74 Å². The van der Waals surface area contributed by atoms with Gasteiger partial charge in [0, 0.05) is 0 Å². The van der Waals surface area contributed by atoms with Gasteiger partial charge in [-0.1, -0.05) is 0 Å². The molecule has 2 heterocycles. The van der Waals surface area contributed by atoms with Crippen molar-refractivity contribution in [2.24, 2.45) is 0 Å². The van der Waals surface area contributed by atoms with Crippen molar-refractivity contribution < 1.29 is 9.53 Å². The first-order chi connectivity index (χ1) is 6.74. The van der Waals surface area contributed by atoms with Gasteiger partial charge in [0.25, 0.3) is 0 Å². The number of hydrogen-bond donors (Lipinski definition) is 0. The molecule has 0 N–H and O–H groups in total. The Labute approximate surface area is 87.9 Å². The van der Waals surface area contributed by atoms with Gasteiger partial charge >= 0.3 is 0 Å². The van der Waals surface area contributed by atoms with Crippen molar-refractivity contribution in [3.05, 3.63) is 22.4 Å². The van der Waals surface area contributed by atoms with Gasteiger partial charge in [0.05, 0.1) is 5.60 Å². The predicted molar refractivity (Wildman–Crippen MR) is 56.5 cm³/mol. The third kappa shape index (κ3) is 1.74. The standard InChI is InChI=1S/C11H14O2S/c1-11(9-4-6-14-8-9)5-2-3-10(7-12)13-11/h4,6-8,10H,2-3,5H2,1H3. The van der Waals surface area contributed by atoms with Crippen LogP contribution in [0.1, 0.15) is 31.7 Å². The second kappa shape index (κ2) is 3.83. The minimum absolute atomic E-state index is 0.214. The third-order valence-corrected chi connectivity index (χ3v) is 3.52. The Bertz CT molecular complexity index is 307. The smallest absolute Gasteiger partial charge is 0.148 e. The number of aldehydes is 1. The third-order valence-electron chi connectivity index (χ3n) is 2.84. The second-order valence-corrected chi connectivity index (χ2v) is 4.71. The highest BCUT2D eigenvalue weighted by Crippen LogP contribution is 2.37. The summed E-state index contributed by atoms with van der Waals surface area (Å²) in [5, 5.41) is 4.15. The molecule has 2 rings (SSSR count). The second-order valence-electron chi connectivity index (χ2n) is 3.93. The van der Waals surface area contributed by atoms with Gasteiger partial charge in [-0.3, -0.25) is 0 Å². The summed E-state index contributed by atoms with van der Waals surface area (Å²) in [5.41, 5.74) is 0.957. The summed E-state index contributed by atoms with van der Waals surface area (Å²) in [6.07, 6.45) is 3.64. The average molecular weight is 210 g/mol. The Morgan fingerprint density at radius 2 is 2.57 bits per heavy atom. The quantitative estimate of drug-likeness (QED) is 0.702. The monoisotopic (exact) mass is 210 g/mol. The largest absolute Gasteiger partial charge is 0.360 e. The zero-order chi connectivity index (χ0) is 10.0. The molecule has 0 radical (unpaired) electrons. The van der Waals surface area contributed by atoms with Crippen molar-refractivity contribution in [3.8, 4) is 0 Å². The molecule has 0 bridgehead atoms. The number of hydrogen-bond acceptors (Lipinski definition) is 3. The molecule has 2 atom stereocenters. The highest BCUT2D eigenvalue weighted by Gasteiger charge is 2.34. The van der Waals surface area contributed by atoms with E-state index in [1.54, 1.807) is 11.3 Å². The first-order valence-electron chi connectivity index (χ1n) is 4.90. The molecule has 76 valence electrons. The van der Waals surface area contributed by atoms with Gasteiger partial charge in [-0.15, -0.1) is 0 Å². The number of carbonyl (C=O) groups is 1. The van der Waals surface area contributed by atoms with Gasteiger partial charge in [-0.25, -0.2) is 0 Å². The van der Waals surface area contributed by atoms with E-state index in [-0.39, 0.29) is 11.7 Å². The average Bonchev–Trinajstić information content (AvgIpc) is 2.71. The molecule has 0 aliphatic carbocycles. The zero-order valence-electron chi connectivity index (χ0n) is 8.23. The zero-order valence-corrected chi connectivity index (χ0v) is 9.05. The molecule has 3 heteroatoms. The minimum Gasteiger partial charge on any atom is -0.360 e. The van der Waals surface area contributed by atoms with Crippen LogP contribution in [0.15, 0.2) is 16.8 Å². The van der Waals surface area contributed by atoms with Gasteiger partial charge in [0.1, 0.15) is 12.4 Å². The van der Waals surface area contributed by atoms with Crippen molar-refractivity contribution in [3.63, 3.8) is 0 Å². The summed E-state index contributed by atoms with van der Waals surface area (Å²) >= 11 is 1.67. The summed E-state index contributed by atoms with van der Waals surface area (Å²) in [7, 11) is 0. The fraction of sp³-hybridized carbons (Fsp3) is 0.545. The van der Waals surface area contributed by atoms with Crippen molar-refractivity contribution in [2.45, 2.75) is 37.9 Å². The van der Waals surface area contributed by atoms with Crippen LogP contribution in [0.2, 0.25) is 0 Å². The summed E-state index contributed by atoms with van der Waals surface area (Å²) < 4.78 is 5.81. The Kier molecular flexibility index (Phi) is 2.70. The Balaban J connectivity index is 2.19. The summed E-state index contributed by atoms with van der Waals surface area (Å²) in [5.74, 6) is 0. The number of thiophene rings is 1. The molecule has 2 nitrogen and oxygen atoms in total. The van der Waals surface area contributed by atoms with Crippen molar-refractivity contribution >= 4 is 17.6 Å². The first-order valence-corrected chi connectivity index (χ1v) is 5.85. The van der Waals surface area contributed by atoms with E-state index in [9.17, 15) is 4.79 Å². The normalized spacial score (nSPS) is 32.8. The van der Waals surface area contributed by atoms with Gasteiger partial charge in [0.2, 0.25) is 0 Å². The van der Waals surface area contributed by atoms with Crippen LogP contribution in [0, 0.1) is 0 Å². The van der Waals surface area contributed by atoms with Crippen molar-refractivity contribution in [2.75, 3.05) is 0 Å².